The highest BCUT2D eigenvalue weighted by atomic mass is 79.9. The van der Waals surface area contributed by atoms with Crippen LogP contribution in [0.3, 0.4) is 0 Å². The van der Waals surface area contributed by atoms with E-state index in [1.54, 1.807) is 65.1 Å². The molecule has 0 spiro atoms. The molecule has 14 heteroatoms. The van der Waals surface area contributed by atoms with Crippen molar-refractivity contribution in [3.8, 4) is 6.07 Å². The fourth-order valence-electron chi connectivity index (χ4n) is 3.30. The number of nitrogens with zero attached hydrogens (tertiary/aromatic N) is 10. The van der Waals surface area contributed by atoms with E-state index in [-0.39, 0.29) is 0 Å². The van der Waals surface area contributed by atoms with Gasteiger partial charge in [0.15, 0.2) is 11.3 Å². The largest absolute Gasteiger partial charge is 0.711 e. The van der Waals surface area contributed by atoms with E-state index >= 15 is 0 Å². The molecule has 0 radical (unpaired) electrons. The number of rotatable bonds is 0. The van der Waals surface area contributed by atoms with E-state index in [9.17, 15) is 5.21 Å². The summed E-state index contributed by atoms with van der Waals surface area (Å²) in [6, 6.07) is 7.29. The van der Waals surface area contributed by atoms with Gasteiger partial charge in [0.05, 0.1) is 35.6 Å². The summed E-state index contributed by atoms with van der Waals surface area (Å²) in [6.45, 7) is 0. The van der Waals surface area contributed by atoms with Crippen LogP contribution in [0.15, 0.2) is 62.6 Å². The van der Waals surface area contributed by atoms with Crippen molar-refractivity contribution in [1.29, 1.82) is 5.26 Å². The number of hydrogen-bond donors (Lipinski definition) is 0. The van der Waals surface area contributed by atoms with Crippen LogP contribution < -0.4 is 4.73 Å². The number of nitriles is 1. The van der Waals surface area contributed by atoms with Gasteiger partial charge in [-0.05, 0) is 66.0 Å². The predicted octanol–water partition coefficient (Wildman–Crippen LogP) is 4.30. The minimum absolute atomic E-state index is 0.392. The number of aryl methyl sites for hydroxylation is 3. The van der Waals surface area contributed by atoms with Crippen molar-refractivity contribution in [2.24, 2.45) is 21.1 Å². The molecule has 36 heavy (non-hydrogen) atoms. The number of hydrogen-bond acceptors (Lipinski definition) is 7. The molecule has 0 atom stereocenters. The van der Waals surface area contributed by atoms with Crippen molar-refractivity contribution in [1.82, 2.24) is 39.3 Å². The third kappa shape index (κ3) is 5.08. The summed E-state index contributed by atoms with van der Waals surface area (Å²) < 4.78 is 8.51. The van der Waals surface area contributed by atoms with Crippen LogP contribution in [0.5, 0.6) is 0 Å². The van der Waals surface area contributed by atoms with Crippen molar-refractivity contribution >= 4 is 80.9 Å². The van der Waals surface area contributed by atoms with Crippen molar-refractivity contribution in [2.75, 3.05) is 0 Å². The van der Waals surface area contributed by atoms with E-state index in [1.165, 1.54) is 6.20 Å². The molecule has 0 amide bonds. The fourth-order valence-corrected chi connectivity index (χ4v) is 4.60. The van der Waals surface area contributed by atoms with Crippen molar-refractivity contribution in [3.63, 3.8) is 0 Å². The standard InChI is InChI=1S/C8H5BrN4.C7H6BrN3O.C7H6BrN3/c1-13-8-6(4-11-13)7(9)2-5(3-10)12-8;1-10-7-5(4-9-10)6(8)2-3-11(7)12;1-11-7-5(4-10-11)6(8)2-3-9-7/h2,4H,1H3;2-4H,1H3;2-4H,1H3. The van der Waals surface area contributed by atoms with E-state index in [1.807, 2.05) is 19.2 Å². The van der Waals surface area contributed by atoms with Crippen molar-refractivity contribution in [2.45, 2.75) is 0 Å². The second-order valence-electron chi connectivity index (χ2n) is 7.40. The van der Waals surface area contributed by atoms with Crippen LogP contribution in [0.4, 0.5) is 0 Å². The quantitative estimate of drug-likeness (QED) is 0.173. The van der Waals surface area contributed by atoms with Gasteiger partial charge in [0.1, 0.15) is 24.2 Å². The van der Waals surface area contributed by atoms with Gasteiger partial charge in [-0.1, -0.05) is 5.10 Å². The topological polar surface area (TPSA) is 130 Å². The molecule has 182 valence electrons. The first-order valence-corrected chi connectivity index (χ1v) is 12.6. The van der Waals surface area contributed by atoms with Gasteiger partial charge in [-0.25, -0.2) is 14.7 Å². The Bertz CT molecular complexity index is 1750. The number of halogens is 3. The van der Waals surface area contributed by atoms with Gasteiger partial charge < -0.3 is 5.21 Å². The van der Waals surface area contributed by atoms with Gasteiger partial charge in [0.25, 0.3) is 0 Å². The Morgan fingerprint density at radius 1 is 0.833 bits per heavy atom. The van der Waals surface area contributed by atoms with Gasteiger partial charge in [-0.2, -0.15) is 15.5 Å². The van der Waals surface area contributed by atoms with Crippen LogP contribution in [0.1, 0.15) is 5.69 Å². The lowest BCUT2D eigenvalue weighted by Crippen LogP contribution is -2.28. The smallest absolute Gasteiger partial charge is 0.314 e. The molecule has 0 aliphatic rings. The maximum Gasteiger partial charge on any atom is 0.314 e. The molecule has 0 fully saturated rings. The Balaban J connectivity index is 0.000000127. The maximum absolute atomic E-state index is 11.2. The molecule has 0 saturated carbocycles. The average Bonchev–Trinajstić information content (AvgIpc) is 3.56. The van der Waals surface area contributed by atoms with Gasteiger partial charge in [0, 0.05) is 33.7 Å². The summed E-state index contributed by atoms with van der Waals surface area (Å²) >= 11 is 10.1. The zero-order valence-corrected chi connectivity index (χ0v) is 23.9. The van der Waals surface area contributed by atoms with E-state index in [0.29, 0.717) is 17.0 Å². The molecule has 0 unspecified atom stereocenters. The Labute approximate surface area is 229 Å². The van der Waals surface area contributed by atoms with Crippen LogP contribution in [-0.4, -0.2) is 39.3 Å². The van der Waals surface area contributed by atoms with Crippen molar-refractivity contribution < 1.29 is 4.73 Å². The number of pyridine rings is 3. The highest BCUT2D eigenvalue weighted by molar-refractivity contribution is 9.11. The Morgan fingerprint density at radius 2 is 1.42 bits per heavy atom. The van der Waals surface area contributed by atoms with Crippen molar-refractivity contribution in [3.05, 3.63) is 73.5 Å². The Hall–Kier alpha value is -3.41. The van der Waals surface area contributed by atoms with Crippen LogP contribution in [0.2, 0.25) is 0 Å². The lowest BCUT2D eigenvalue weighted by atomic mass is 10.3. The summed E-state index contributed by atoms with van der Waals surface area (Å²) in [6.07, 6.45) is 8.38. The minimum atomic E-state index is 0.392. The summed E-state index contributed by atoms with van der Waals surface area (Å²) in [4.78, 5) is 8.30. The zero-order chi connectivity index (χ0) is 26.0. The molecule has 6 aromatic rings. The Morgan fingerprint density at radius 3 is 2.06 bits per heavy atom. The lowest BCUT2D eigenvalue weighted by Gasteiger charge is -2.02. The van der Waals surface area contributed by atoms with E-state index < -0.39 is 0 Å². The molecule has 6 heterocycles. The van der Waals surface area contributed by atoms with Gasteiger partial charge >= 0.3 is 5.65 Å². The molecule has 6 aromatic heterocycles. The van der Waals surface area contributed by atoms with Crippen LogP contribution in [-0.2, 0) is 21.1 Å². The molecule has 0 aliphatic carbocycles. The summed E-state index contributed by atoms with van der Waals surface area (Å²) in [7, 11) is 5.41. The molecular formula is C22H17Br3N10O. The first-order chi connectivity index (χ1) is 17.2. The first kappa shape index (κ1) is 25.7. The minimum Gasteiger partial charge on any atom is -0.711 e. The molecule has 0 aliphatic heterocycles. The SMILES string of the molecule is Cn1ncc2c(Br)cc(C#N)nc21.Cn1ncc2c(Br)cc[n+]([O-])c21.Cn1ncc2c(Br)ccnc21. The average molecular weight is 677 g/mol. The summed E-state index contributed by atoms with van der Waals surface area (Å²) in [5.41, 5.74) is 2.57. The second kappa shape index (κ2) is 10.7. The second-order valence-corrected chi connectivity index (χ2v) is 9.96. The van der Waals surface area contributed by atoms with Crippen LogP contribution in [0, 0.1) is 16.5 Å². The molecular weight excluding hydrogens is 660 g/mol. The normalized spacial score (nSPS) is 10.6. The number of fused-ring (bicyclic) bond motifs is 3. The maximum atomic E-state index is 11.2. The van der Waals surface area contributed by atoms with E-state index in [2.05, 4.69) is 73.1 Å². The Kier molecular flexibility index (Phi) is 7.62. The lowest BCUT2D eigenvalue weighted by molar-refractivity contribution is -0.580. The predicted molar refractivity (Wildman–Crippen MR) is 145 cm³/mol. The molecule has 0 aromatic carbocycles. The fraction of sp³-hybridized carbons (Fsp3) is 0.136. The summed E-state index contributed by atoms with van der Waals surface area (Å²) in [5, 5.41) is 34.8. The third-order valence-electron chi connectivity index (χ3n) is 5.08. The molecule has 6 rings (SSSR count). The molecule has 0 saturated heterocycles. The molecule has 0 bridgehead atoms. The monoisotopic (exact) mass is 674 g/mol. The zero-order valence-electron chi connectivity index (χ0n) is 19.1. The highest BCUT2D eigenvalue weighted by Crippen LogP contribution is 2.23. The van der Waals surface area contributed by atoms with Gasteiger partial charge in [0.2, 0.25) is 0 Å². The van der Waals surface area contributed by atoms with Crippen LogP contribution >= 0.6 is 47.8 Å². The number of aromatic nitrogens is 9. The van der Waals surface area contributed by atoms with Gasteiger partial charge in [-0.15, -0.1) is 4.68 Å². The van der Waals surface area contributed by atoms with E-state index in [4.69, 9.17) is 5.26 Å². The third-order valence-corrected chi connectivity index (χ3v) is 7.12. The van der Waals surface area contributed by atoms with Crippen LogP contribution in [0.25, 0.3) is 33.1 Å². The highest BCUT2D eigenvalue weighted by Gasteiger charge is 2.11. The first-order valence-electron chi connectivity index (χ1n) is 10.2. The summed E-state index contributed by atoms with van der Waals surface area (Å²) in [5.74, 6) is 0. The molecule has 0 N–H and O–H groups in total. The van der Waals surface area contributed by atoms with E-state index in [0.717, 1.165) is 40.0 Å². The van der Waals surface area contributed by atoms with Gasteiger partial charge in [-0.3, -0.25) is 9.36 Å². The molecule has 11 nitrogen and oxygen atoms in total.